The lowest BCUT2D eigenvalue weighted by Crippen LogP contribution is -2.28. The monoisotopic (exact) mass is 284 g/mol. The molecule has 2 aromatic rings. The minimum atomic E-state index is -0.272. The molecule has 0 aliphatic rings. The van der Waals surface area contributed by atoms with E-state index in [1.54, 1.807) is 12.1 Å². The second-order valence-electron chi connectivity index (χ2n) is 4.50. The lowest BCUT2D eigenvalue weighted by atomic mass is 10.0. The highest BCUT2D eigenvalue weighted by atomic mass is 16.2. The SMILES string of the molecule is Cc1c(C#CCO)cccc1C(=O)NC(C)c1ncn[nH]1. The van der Waals surface area contributed by atoms with Crippen molar-refractivity contribution in [2.45, 2.75) is 19.9 Å². The smallest absolute Gasteiger partial charge is 0.252 e. The van der Waals surface area contributed by atoms with E-state index in [0.29, 0.717) is 11.4 Å². The van der Waals surface area contributed by atoms with Gasteiger partial charge < -0.3 is 10.4 Å². The van der Waals surface area contributed by atoms with Gasteiger partial charge in [-0.1, -0.05) is 17.9 Å². The Hall–Kier alpha value is -2.65. The Bertz CT molecular complexity index is 683. The number of nitrogens with zero attached hydrogens (tertiary/aromatic N) is 2. The molecule has 1 unspecified atom stereocenters. The van der Waals surface area contributed by atoms with Crippen molar-refractivity contribution < 1.29 is 9.90 Å². The number of hydrogen-bond donors (Lipinski definition) is 3. The van der Waals surface area contributed by atoms with Crippen LogP contribution in [-0.2, 0) is 0 Å². The molecule has 0 fully saturated rings. The normalized spacial score (nSPS) is 11.4. The quantitative estimate of drug-likeness (QED) is 0.732. The number of carbonyl (C=O) groups is 1. The fraction of sp³-hybridized carbons (Fsp3) is 0.267. The van der Waals surface area contributed by atoms with Crippen LogP contribution in [0.15, 0.2) is 24.5 Å². The Morgan fingerprint density at radius 2 is 2.33 bits per heavy atom. The van der Waals surface area contributed by atoms with E-state index in [1.807, 2.05) is 19.9 Å². The van der Waals surface area contributed by atoms with Gasteiger partial charge in [0.15, 0.2) is 0 Å². The number of amides is 1. The topological polar surface area (TPSA) is 90.9 Å². The molecular formula is C15H16N4O2. The van der Waals surface area contributed by atoms with E-state index in [4.69, 9.17) is 5.11 Å². The molecule has 0 bridgehead atoms. The zero-order valence-corrected chi connectivity index (χ0v) is 11.8. The number of aromatic nitrogens is 3. The average molecular weight is 284 g/mol. The summed E-state index contributed by atoms with van der Waals surface area (Å²) in [5.41, 5.74) is 2.05. The van der Waals surface area contributed by atoms with Crippen LogP contribution in [-0.4, -0.2) is 32.8 Å². The van der Waals surface area contributed by atoms with Gasteiger partial charge in [0.05, 0.1) is 6.04 Å². The number of benzene rings is 1. The van der Waals surface area contributed by atoms with Gasteiger partial charge in [0.1, 0.15) is 18.8 Å². The third-order valence-electron chi connectivity index (χ3n) is 3.07. The number of nitrogens with one attached hydrogen (secondary N) is 2. The highest BCUT2D eigenvalue weighted by Gasteiger charge is 2.15. The van der Waals surface area contributed by atoms with Crippen molar-refractivity contribution in [3.8, 4) is 11.8 Å². The number of hydrogen-bond acceptors (Lipinski definition) is 4. The Labute approximate surface area is 122 Å². The van der Waals surface area contributed by atoms with E-state index in [0.717, 1.165) is 11.1 Å². The maximum absolute atomic E-state index is 12.3. The van der Waals surface area contributed by atoms with Crippen molar-refractivity contribution >= 4 is 5.91 Å². The minimum Gasteiger partial charge on any atom is -0.384 e. The summed E-state index contributed by atoms with van der Waals surface area (Å²) in [6, 6.07) is 5.05. The summed E-state index contributed by atoms with van der Waals surface area (Å²) in [5.74, 6) is 5.81. The first-order valence-electron chi connectivity index (χ1n) is 6.49. The first-order valence-corrected chi connectivity index (χ1v) is 6.49. The van der Waals surface area contributed by atoms with Crippen LogP contribution in [0.3, 0.4) is 0 Å². The average Bonchev–Trinajstić information content (AvgIpc) is 3.00. The predicted molar refractivity (Wildman–Crippen MR) is 77.4 cm³/mol. The molecule has 108 valence electrons. The highest BCUT2D eigenvalue weighted by Crippen LogP contribution is 2.14. The first kappa shape index (κ1) is 14.8. The molecule has 0 saturated carbocycles. The number of carbonyl (C=O) groups excluding carboxylic acids is 1. The van der Waals surface area contributed by atoms with Gasteiger partial charge in [0.25, 0.3) is 5.91 Å². The molecule has 21 heavy (non-hydrogen) atoms. The second-order valence-corrected chi connectivity index (χ2v) is 4.50. The Morgan fingerprint density at radius 3 is 3.00 bits per heavy atom. The fourth-order valence-corrected chi connectivity index (χ4v) is 1.92. The number of rotatable bonds is 3. The third kappa shape index (κ3) is 3.46. The summed E-state index contributed by atoms with van der Waals surface area (Å²) in [5, 5.41) is 18.1. The van der Waals surface area contributed by atoms with Crippen LogP contribution in [0.4, 0.5) is 0 Å². The molecule has 1 amide bonds. The molecule has 3 N–H and O–H groups in total. The molecule has 6 heteroatoms. The lowest BCUT2D eigenvalue weighted by molar-refractivity contribution is 0.0937. The first-order chi connectivity index (χ1) is 10.1. The molecule has 1 atom stereocenters. The fourth-order valence-electron chi connectivity index (χ4n) is 1.92. The molecule has 6 nitrogen and oxygen atoms in total. The Morgan fingerprint density at radius 1 is 1.52 bits per heavy atom. The van der Waals surface area contributed by atoms with Crippen molar-refractivity contribution in [3.63, 3.8) is 0 Å². The zero-order chi connectivity index (χ0) is 15.2. The molecule has 0 aliphatic heterocycles. The second kappa shape index (κ2) is 6.68. The van der Waals surface area contributed by atoms with Crippen LogP contribution < -0.4 is 5.32 Å². The minimum absolute atomic E-state index is 0.205. The van der Waals surface area contributed by atoms with Gasteiger partial charge in [0, 0.05) is 11.1 Å². The van der Waals surface area contributed by atoms with Crippen molar-refractivity contribution in [2.75, 3.05) is 6.61 Å². The van der Waals surface area contributed by atoms with Crippen LogP contribution in [0.25, 0.3) is 0 Å². The molecule has 0 radical (unpaired) electrons. The van der Waals surface area contributed by atoms with Crippen LogP contribution in [0.1, 0.15) is 40.3 Å². The van der Waals surface area contributed by atoms with E-state index in [-0.39, 0.29) is 18.6 Å². The largest absolute Gasteiger partial charge is 0.384 e. The summed E-state index contributed by atoms with van der Waals surface area (Å²) in [6.45, 7) is 3.44. The van der Waals surface area contributed by atoms with Crippen molar-refractivity contribution in [3.05, 3.63) is 47.0 Å². The van der Waals surface area contributed by atoms with E-state index in [2.05, 4.69) is 32.3 Å². The lowest BCUT2D eigenvalue weighted by Gasteiger charge is -2.13. The van der Waals surface area contributed by atoms with Gasteiger partial charge in [-0.2, -0.15) is 5.10 Å². The molecule has 0 saturated heterocycles. The molecule has 0 aliphatic carbocycles. The Balaban J connectivity index is 2.19. The standard InChI is InChI=1S/C15H16N4O2/c1-10-12(6-4-8-20)5-3-7-13(10)15(21)18-11(2)14-16-9-17-19-14/h3,5,7,9,11,20H,8H2,1-2H3,(H,18,21)(H,16,17,19). The van der Waals surface area contributed by atoms with Crippen molar-refractivity contribution in [1.82, 2.24) is 20.5 Å². The summed E-state index contributed by atoms with van der Waals surface area (Å²) in [6.07, 6.45) is 1.40. The summed E-state index contributed by atoms with van der Waals surface area (Å²) in [4.78, 5) is 16.3. The number of H-pyrrole nitrogens is 1. The van der Waals surface area contributed by atoms with Gasteiger partial charge in [-0.3, -0.25) is 9.89 Å². The van der Waals surface area contributed by atoms with Gasteiger partial charge in [0.2, 0.25) is 0 Å². The summed E-state index contributed by atoms with van der Waals surface area (Å²) < 4.78 is 0. The Kier molecular flexibility index (Phi) is 4.69. The highest BCUT2D eigenvalue weighted by molar-refractivity contribution is 5.96. The number of aliphatic hydroxyl groups excluding tert-OH is 1. The van der Waals surface area contributed by atoms with Crippen molar-refractivity contribution in [1.29, 1.82) is 0 Å². The zero-order valence-electron chi connectivity index (χ0n) is 11.8. The van der Waals surface area contributed by atoms with Crippen LogP contribution in [0.5, 0.6) is 0 Å². The van der Waals surface area contributed by atoms with E-state index in [1.165, 1.54) is 6.33 Å². The predicted octanol–water partition coefficient (Wildman–Crippen LogP) is 0.948. The summed E-state index contributed by atoms with van der Waals surface area (Å²) >= 11 is 0. The molecule has 0 spiro atoms. The van der Waals surface area contributed by atoms with E-state index >= 15 is 0 Å². The maximum atomic E-state index is 12.3. The van der Waals surface area contributed by atoms with Gasteiger partial charge in [-0.05, 0) is 31.5 Å². The molecule has 1 heterocycles. The number of aromatic amines is 1. The molecule has 1 aromatic carbocycles. The van der Waals surface area contributed by atoms with Crippen molar-refractivity contribution in [2.24, 2.45) is 0 Å². The van der Waals surface area contributed by atoms with E-state index < -0.39 is 0 Å². The van der Waals surface area contributed by atoms with E-state index in [9.17, 15) is 4.79 Å². The van der Waals surface area contributed by atoms with Gasteiger partial charge >= 0.3 is 0 Å². The van der Waals surface area contributed by atoms with Crippen LogP contribution in [0.2, 0.25) is 0 Å². The van der Waals surface area contributed by atoms with Crippen LogP contribution in [0, 0.1) is 18.8 Å². The van der Waals surface area contributed by atoms with Crippen LogP contribution >= 0.6 is 0 Å². The molecular weight excluding hydrogens is 268 g/mol. The van der Waals surface area contributed by atoms with Gasteiger partial charge in [-0.15, -0.1) is 0 Å². The molecule has 2 rings (SSSR count). The molecule has 1 aromatic heterocycles. The number of aliphatic hydroxyl groups is 1. The maximum Gasteiger partial charge on any atom is 0.252 e. The summed E-state index contributed by atoms with van der Waals surface area (Å²) in [7, 11) is 0. The third-order valence-corrected chi connectivity index (χ3v) is 3.07. The van der Waals surface area contributed by atoms with Gasteiger partial charge in [-0.25, -0.2) is 4.98 Å².